The normalized spacial score (nSPS) is 11.6. The Labute approximate surface area is 105 Å². The lowest BCUT2D eigenvalue weighted by atomic mass is 10.2. The molecular weight excluding hydrogens is 236 g/mol. The molecule has 3 N–H and O–H groups in total. The average molecular weight is 252 g/mol. The Hall–Kier alpha value is -2.24. The van der Waals surface area contributed by atoms with Crippen LogP contribution in [0, 0.1) is 6.92 Å². The fraction of sp³-hybridized carbons (Fsp3) is 0.333. The molecule has 1 rings (SSSR count). The third-order valence-electron chi connectivity index (χ3n) is 2.22. The summed E-state index contributed by atoms with van der Waals surface area (Å²) in [6.45, 7) is 5.44. The van der Waals surface area contributed by atoms with Gasteiger partial charge in [-0.1, -0.05) is 6.08 Å². The largest absolute Gasteiger partial charge is 0.480 e. The van der Waals surface area contributed by atoms with Crippen molar-refractivity contribution in [1.82, 2.24) is 10.6 Å². The van der Waals surface area contributed by atoms with E-state index in [2.05, 4.69) is 17.2 Å². The molecule has 6 heteroatoms. The SMILES string of the molecule is C=CCC(NC(=O)NCc1ccc(C)o1)C(=O)O. The Morgan fingerprint density at radius 1 is 1.56 bits per heavy atom. The quantitative estimate of drug-likeness (QED) is 0.667. The highest BCUT2D eigenvalue weighted by Crippen LogP contribution is 2.05. The fourth-order valence-corrected chi connectivity index (χ4v) is 1.34. The minimum Gasteiger partial charge on any atom is -0.480 e. The maximum atomic E-state index is 11.5. The molecule has 0 aliphatic carbocycles. The van der Waals surface area contributed by atoms with E-state index in [4.69, 9.17) is 9.52 Å². The highest BCUT2D eigenvalue weighted by molar-refractivity contribution is 5.82. The van der Waals surface area contributed by atoms with Gasteiger partial charge in [-0.3, -0.25) is 0 Å². The monoisotopic (exact) mass is 252 g/mol. The zero-order chi connectivity index (χ0) is 13.5. The van der Waals surface area contributed by atoms with Crippen LogP contribution >= 0.6 is 0 Å². The van der Waals surface area contributed by atoms with Gasteiger partial charge in [-0.25, -0.2) is 9.59 Å². The second-order valence-corrected chi connectivity index (χ2v) is 3.75. The lowest BCUT2D eigenvalue weighted by molar-refractivity contribution is -0.139. The number of urea groups is 1. The predicted molar refractivity (Wildman–Crippen MR) is 65.1 cm³/mol. The summed E-state index contributed by atoms with van der Waals surface area (Å²) in [6.07, 6.45) is 1.61. The van der Waals surface area contributed by atoms with E-state index >= 15 is 0 Å². The Bertz CT molecular complexity index is 439. The molecule has 0 aliphatic rings. The van der Waals surface area contributed by atoms with Gasteiger partial charge in [0.2, 0.25) is 0 Å². The van der Waals surface area contributed by atoms with E-state index in [1.54, 1.807) is 19.1 Å². The number of aliphatic carboxylic acids is 1. The topological polar surface area (TPSA) is 91.6 Å². The van der Waals surface area contributed by atoms with Crippen LogP contribution in [-0.4, -0.2) is 23.1 Å². The first kappa shape index (κ1) is 13.8. The Kier molecular flexibility index (Phi) is 4.98. The molecular formula is C12H16N2O4. The molecule has 1 atom stereocenters. The van der Waals surface area contributed by atoms with Crippen molar-refractivity contribution in [3.63, 3.8) is 0 Å². The third-order valence-corrected chi connectivity index (χ3v) is 2.22. The number of aryl methyl sites for hydroxylation is 1. The summed E-state index contributed by atoms with van der Waals surface area (Å²) in [5.41, 5.74) is 0. The molecule has 1 heterocycles. The van der Waals surface area contributed by atoms with E-state index in [0.29, 0.717) is 5.76 Å². The van der Waals surface area contributed by atoms with Gasteiger partial charge in [0.05, 0.1) is 6.54 Å². The Morgan fingerprint density at radius 3 is 2.78 bits per heavy atom. The van der Waals surface area contributed by atoms with E-state index in [1.807, 2.05) is 0 Å². The predicted octanol–water partition coefficient (Wildman–Crippen LogP) is 1.42. The Morgan fingerprint density at radius 2 is 2.28 bits per heavy atom. The molecule has 0 fully saturated rings. The van der Waals surface area contributed by atoms with Gasteiger partial charge in [-0.05, 0) is 25.5 Å². The molecule has 0 bridgehead atoms. The van der Waals surface area contributed by atoms with E-state index in [1.165, 1.54) is 6.08 Å². The molecule has 0 radical (unpaired) electrons. The van der Waals surface area contributed by atoms with Gasteiger partial charge in [0, 0.05) is 0 Å². The van der Waals surface area contributed by atoms with Gasteiger partial charge in [0.25, 0.3) is 0 Å². The maximum absolute atomic E-state index is 11.5. The zero-order valence-electron chi connectivity index (χ0n) is 10.1. The molecule has 1 aromatic heterocycles. The van der Waals surface area contributed by atoms with Crippen LogP contribution in [0.4, 0.5) is 4.79 Å². The molecule has 1 aromatic rings. The first-order valence-electron chi connectivity index (χ1n) is 5.46. The van der Waals surface area contributed by atoms with Gasteiger partial charge in [-0.15, -0.1) is 6.58 Å². The summed E-state index contributed by atoms with van der Waals surface area (Å²) in [4.78, 5) is 22.2. The summed E-state index contributed by atoms with van der Waals surface area (Å²) in [5, 5.41) is 13.7. The van der Waals surface area contributed by atoms with Gasteiger partial charge < -0.3 is 20.2 Å². The van der Waals surface area contributed by atoms with Crippen LogP contribution in [0.25, 0.3) is 0 Å². The highest BCUT2D eigenvalue weighted by Gasteiger charge is 2.17. The molecule has 0 aliphatic heterocycles. The molecule has 0 spiro atoms. The number of hydrogen-bond donors (Lipinski definition) is 3. The van der Waals surface area contributed by atoms with E-state index in [9.17, 15) is 9.59 Å². The van der Waals surface area contributed by atoms with Crippen molar-refractivity contribution < 1.29 is 19.1 Å². The molecule has 0 saturated carbocycles. The minimum absolute atomic E-state index is 0.169. The third kappa shape index (κ3) is 4.32. The number of hydrogen-bond acceptors (Lipinski definition) is 3. The van der Waals surface area contributed by atoms with Crippen molar-refractivity contribution in [2.75, 3.05) is 0 Å². The van der Waals surface area contributed by atoms with Gasteiger partial charge >= 0.3 is 12.0 Å². The van der Waals surface area contributed by atoms with E-state index in [-0.39, 0.29) is 13.0 Å². The van der Waals surface area contributed by atoms with Crippen molar-refractivity contribution in [1.29, 1.82) is 0 Å². The van der Waals surface area contributed by atoms with Crippen molar-refractivity contribution in [2.24, 2.45) is 0 Å². The van der Waals surface area contributed by atoms with E-state index in [0.717, 1.165) is 5.76 Å². The van der Waals surface area contributed by atoms with Crippen molar-refractivity contribution in [3.8, 4) is 0 Å². The number of carboxylic acid groups (broad SMARTS) is 1. The smallest absolute Gasteiger partial charge is 0.326 e. The van der Waals surface area contributed by atoms with E-state index < -0.39 is 18.0 Å². The van der Waals surface area contributed by atoms with Crippen LogP contribution in [0.1, 0.15) is 17.9 Å². The van der Waals surface area contributed by atoms with Crippen LogP contribution in [0.2, 0.25) is 0 Å². The molecule has 1 unspecified atom stereocenters. The van der Waals surface area contributed by atoms with Crippen molar-refractivity contribution >= 4 is 12.0 Å². The number of carbonyl (C=O) groups excluding carboxylic acids is 1. The van der Waals surface area contributed by atoms with Crippen LogP contribution in [-0.2, 0) is 11.3 Å². The highest BCUT2D eigenvalue weighted by atomic mass is 16.4. The average Bonchev–Trinajstić information content (AvgIpc) is 2.72. The minimum atomic E-state index is -1.10. The fourth-order valence-electron chi connectivity index (χ4n) is 1.34. The summed E-state index contributed by atoms with van der Waals surface area (Å²) in [5.74, 6) is 0.263. The van der Waals surface area contributed by atoms with Gasteiger partial charge in [-0.2, -0.15) is 0 Å². The Balaban J connectivity index is 2.40. The molecule has 18 heavy (non-hydrogen) atoms. The second-order valence-electron chi connectivity index (χ2n) is 3.75. The van der Waals surface area contributed by atoms with Crippen LogP contribution in [0.15, 0.2) is 29.2 Å². The number of amides is 2. The van der Waals surface area contributed by atoms with Gasteiger partial charge in [0.1, 0.15) is 17.6 Å². The number of rotatable bonds is 6. The van der Waals surface area contributed by atoms with Crippen LogP contribution < -0.4 is 10.6 Å². The molecule has 98 valence electrons. The summed E-state index contributed by atoms with van der Waals surface area (Å²) < 4.78 is 5.26. The lowest BCUT2D eigenvalue weighted by Crippen LogP contribution is -2.45. The molecule has 0 saturated heterocycles. The number of nitrogens with one attached hydrogen (secondary N) is 2. The van der Waals surface area contributed by atoms with Crippen molar-refractivity contribution in [3.05, 3.63) is 36.3 Å². The first-order valence-corrected chi connectivity index (χ1v) is 5.46. The maximum Gasteiger partial charge on any atom is 0.326 e. The van der Waals surface area contributed by atoms with Crippen LogP contribution in [0.3, 0.4) is 0 Å². The van der Waals surface area contributed by atoms with Crippen molar-refractivity contribution in [2.45, 2.75) is 25.9 Å². The van der Waals surface area contributed by atoms with Gasteiger partial charge in [0.15, 0.2) is 0 Å². The molecule has 6 nitrogen and oxygen atoms in total. The lowest BCUT2D eigenvalue weighted by Gasteiger charge is -2.12. The first-order chi connectivity index (χ1) is 8.52. The standard InChI is InChI=1S/C12H16N2O4/c1-3-4-10(11(15)16)14-12(17)13-7-9-6-5-8(2)18-9/h3,5-6,10H,1,4,7H2,2H3,(H,15,16)(H2,13,14,17). The number of furan rings is 1. The summed E-state index contributed by atoms with van der Waals surface area (Å²) >= 11 is 0. The second kappa shape index (κ2) is 6.48. The van der Waals surface area contributed by atoms with Crippen LogP contribution in [0.5, 0.6) is 0 Å². The summed E-state index contributed by atoms with van der Waals surface area (Å²) in [6, 6.07) is 2.00. The zero-order valence-corrected chi connectivity index (χ0v) is 10.1. The summed E-state index contributed by atoms with van der Waals surface area (Å²) in [7, 11) is 0. The number of carbonyl (C=O) groups is 2. The molecule has 0 aromatic carbocycles. The molecule has 2 amide bonds. The number of carboxylic acids is 1.